The van der Waals surface area contributed by atoms with Gasteiger partial charge in [0, 0.05) is 6.20 Å². The minimum absolute atomic E-state index is 0.474. The van der Waals surface area contributed by atoms with Gasteiger partial charge >= 0.3 is 0 Å². The third kappa shape index (κ3) is 6.39. The molecule has 23 heavy (non-hydrogen) atoms. The molecule has 1 aromatic heterocycles. The topological polar surface area (TPSA) is 24.9 Å². The monoisotopic (exact) mass is 380 g/mol. The van der Waals surface area contributed by atoms with Gasteiger partial charge < -0.3 is 5.32 Å². The number of halogens is 1. The smallest absolute Gasteiger partial charge is 0.106 e. The number of allylic oxidation sites excluding steroid dienone is 1. The first-order valence-corrected chi connectivity index (χ1v) is 9.78. The first kappa shape index (κ1) is 20.4. The maximum Gasteiger partial charge on any atom is 0.106 e. The van der Waals surface area contributed by atoms with Gasteiger partial charge in [0.05, 0.1) is 0 Å². The lowest BCUT2D eigenvalue weighted by Crippen LogP contribution is -2.28. The summed E-state index contributed by atoms with van der Waals surface area (Å²) in [7, 11) is 2.03. The van der Waals surface area contributed by atoms with Crippen LogP contribution in [0.2, 0.25) is 0 Å². The van der Waals surface area contributed by atoms with Crippen molar-refractivity contribution >= 4 is 15.9 Å². The first-order valence-electron chi connectivity index (χ1n) is 8.98. The van der Waals surface area contributed by atoms with Gasteiger partial charge in [-0.2, -0.15) is 0 Å². The summed E-state index contributed by atoms with van der Waals surface area (Å²) in [5.74, 6) is 1.55. The standard InChI is InChI=1S/C20H33BrN2/c1-6-8-9-10-15(3)18(7-2)20(16(4)13-22-5)17-11-12-19(21)23-14-17/h11-12,14,16,18,20,22H,3,6-10,13H2,1-2,4-5H3/t16-,18-,20-/m1/s1. The van der Waals surface area contributed by atoms with Crippen molar-refractivity contribution in [2.24, 2.45) is 11.8 Å². The lowest BCUT2D eigenvalue weighted by molar-refractivity contribution is 0.337. The lowest BCUT2D eigenvalue weighted by Gasteiger charge is -2.33. The van der Waals surface area contributed by atoms with Crippen LogP contribution in [0.1, 0.15) is 64.4 Å². The van der Waals surface area contributed by atoms with Crippen LogP contribution in [-0.4, -0.2) is 18.6 Å². The Morgan fingerprint density at radius 1 is 1.30 bits per heavy atom. The molecular formula is C20H33BrN2. The molecule has 1 aromatic rings. The highest BCUT2D eigenvalue weighted by Gasteiger charge is 2.28. The molecule has 0 amide bonds. The number of unbranched alkanes of at least 4 members (excludes halogenated alkanes) is 2. The predicted octanol–water partition coefficient (Wildman–Crippen LogP) is 5.95. The van der Waals surface area contributed by atoms with Crippen molar-refractivity contribution in [3.63, 3.8) is 0 Å². The summed E-state index contributed by atoms with van der Waals surface area (Å²) in [6.45, 7) is 12.4. The van der Waals surface area contributed by atoms with Crippen LogP contribution >= 0.6 is 15.9 Å². The van der Waals surface area contributed by atoms with E-state index in [0.29, 0.717) is 17.8 Å². The number of nitrogens with one attached hydrogen (secondary N) is 1. The zero-order valence-corrected chi connectivity index (χ0v) is 16.8. The second kappa shape index (κ2) is 11.0. The molecule has 0 aromatic carbocycles. The summed E-state index contributed by atoms with van der Waals surface area (Å²) < 4.78 is 0.899. The summed E-state index contributed by atoms with van der Waals surface area (Å²) in [4.78, 5) is 4.46. The van der Waals surface area contributed by atoms with Crippen LogP contribution in [0.25, 0.3) is 0 Å². The SMILES string of the molecule is C=C(CCCCC)[C@@H](CC)[C@@H](c1ccc(Br)nc1)[C@H](C)CNC. The summed E-state index contributed by atoms with van der Waals surface area (Å²) >= 11 is 3.45. The quantitative estimate of drug-likeness (QED) is 0.291. The van der Waals surface area contributed by atoms with Crippen LogP contribution in [0.3, 0.4) is 0 Å². The second-order valence-corrected chi connectivity index (χ2v) is 7.42. The Balaban J connectivity index is 2.99. The fraction of sp³-hybridized carbons (Fsp3) is 0.650. The fourth-order valence-electron chi connectivity index (χ4n) is 3.57. The minimum atomic E-state index is 0.474. The van der Waals surface area contributed by atoms with Crippen molar-refractivity contribution in [3.05, 3.63) is 40.6 Å². The molecule has 0 saturated heterocycles. The van der Waals surface area contributed by atoms with Gasteiger partial charge in [-0.25, -0.2) is 4.98 Å². The van der Waals surface area contributed by atoms with Crippen LogP contribution < -0.4 is 5.32 Å². The molecule has 1 N–H and O–H groups in total. The molecule has 0 aliphatic carbocycles. The molecule has 0 spiro atoms. The maximum atomic E-state index is 4.46. The van der Waals surface area contributed by atoms with E-state index in [0.717, 1.165) is 24.0 Å². The van der Waals surface area contributed by atoms with Crippen molar-refractivity contribution in [1.29, 1.82) is 0 Å². The Labute approximate surface area is 151 Å². The summed E-state index contributed by atoms with van der Waals surface area (Å²) in [6.07, 6.45) is 8.14. The van der Waals surface area contributed by atoms with Crippen LogP contribution in [0.4, 0.5) is 0 Å². The molecule has 0 fully saturated rings. The van der Waals surface area contributed by atoms with Crippen LogP contribution in [-0.2, 0) is 0 Å². The first-order chi connectivity index (χ1) is 11.0. The van der Waals surface area contributed by atoms with Gasteiger partial charge in [0.2, 0.25) is 0 Å². The molecule has 0 aliphatic rings. The molecule has 1 heterocycles. The van der Waals surface area contributed by atoms with Gasteiger partial charge in [0.25, 0.3) is 0 Å². The predicted molar refractivity (Wildman–Crippen MR) is 105 cm³/mol. The van der Waals surface area contributed by atoms with Crippen LogP contribution in [0.15, 0.2) is 35.1 Å². The zero-order chi connectivity index (χ0) is 17.2. The number of nitrogens with zero attached hydrogens (tertiary/aromatic N) is 1. The summed E-state index contributed by atoms with van der Waals surface area (Å²) in [5.41, 5.74) is 2.75. The molecule has 0 bridgehead atoms. The highest BCUT2D eigenvalue weighted by molar-refractivity contribution is 9.10. The Kier molecular flexibility index (Phi) is 9.73. The molecule has 130 valence electrons. The average Bonchev–Trinajstić information content (AvgIpc) is 2.54. The number of hydrogen-bond donors (Lipinski definition) is 1. The van der Waals surface area contributed by atoms with Gasteiger partial charge in [-0.3, -0.25) is 0 Å². The van der Waals surface area contributed by atoms with E-state index in [1.165, 1.54) is 30.4 Å². The van der Waals surface area contributed by atoms with Crippen LogP contribution in [0.5, 0.6) is 0 Å². The molecule has 1 rings (SSSR count). The molecule has 3 atom stereocenters. The van der Waals surface area contributed by atoms with Crippen molar-refractivity contribution in [1.82, 2.24) is 10.3 Å². The molecule has 0 radical (unpaired) electrons. The van der Waals surface area contributed by atoms with Crippen molar-refractivity contribution in [2.45, 2.75) is 58.8 Å². The Hall–Kier alpha value is -0.670. The van der Waals surface area contributed by atoms with E-state index in [9.17, 15) is 0 Å². The molecular weight excluding hydrogens is 348 g/mol. The van der Waals surface area contributed by atoms with Gasteiger partial charge in [0.15, 0.2) is 0 Å². The summed E-state index contributed by atoms with van der Waals surface area (Å²) in [5, 5.41) is 3.34. The van der Waals surface area contributed by atoms with Crippen LogP contribution in [0, 0.1) is 11.8 Å². The van der Waals surface area contributed by atoms with Crippen molar-refractivity contribution in [2.75, 3.05) is 13.6 Å². The second-order valence-electron chi connectivity index (χ2n) is 6.61. The number of pyridine rings is 1. The third-order valence-electron chi connectivity index (χ3n) is 4.77. The molecule has 2 nitrogen and oxygen atoms in total. The van der Waals surface area contributed by atoms with E-state index < -0.39 is 0 Å². The van der Waals surface area contributed by atoms with E-state index in [2.05, 4.69) is 65.7 Å². The number of aromatic nitrogens is 1. The zero-order valence-electron chi connectivity index (χ0n) is 15.2. The highest BCUT2D eigenvalue weighted by atomic mass is 79.9. The van der Waals surface area contributed by atoms with Crippen molar-refractivity contribution < 1.29 is 0 Å². The van der Waals surface area contributed by atoms with E-state index in [-0.39, 0.29) is 0 Å². The van der Waals surface area contributed by atoms with Gasteiger partial charge in [-0.1, -0.05) is 51.8 Å². The number of hydrogen-bond acceptors (Lipinski definition) is 2. The fourth-order valence-corrected chi connectivity index (χ4v) is 3.81. The Bertz CT molecular complexity index is 455. The van der Waals surface area contributed by atoms with E-state index in [1.807, 2.05) is 13.2 Å². The lowest BCUT2D eigenvalue weighted by atomic mass is 9.73. The van der Waals surface area contributed by atoms with E-state index in [1.54, 1.807) is 0 Å². The van der Waals surface area contributed by atoms with Gasteiger partial charge in [0.1, 0.15) is 4.60 Å². The maximum absolute atomic E-state index is 4.46. The summed E-state index contributed by atoms with van der Waals surface area (Å²) in [6, 6.07) is 4.27. The van der Waals surface area contributed by atoms with Gasteiger partial charge in [-0.15, -0.1) is 0 Å². The largest absolute Gasteiger partial charge is 0.319 e. The normalized spacial score (nSPS) is 15.2. The average molecular weight is 381 g/mol. The minimum Gasteiger partial charge on any atom is -0.319 e. The molecule has 0 saturated carbocycles. The Morgan fingerprint density at radius 3 is 2.57 bits per heavy atom. The molecule has 0 unspecified atom stereocenters. The number of rotatable bonds is 11. The van der Waals surface area contributed by atoms with Gasteiger partial charge in [-0.05, 0) is 78.2 Å². The molecule has 3 heteroatoms. The van der Waals surface area contributed by atoms with Crippen molar-refractivity contribution in [3.8, 4) is 0 Å². The Morgan fingerprint density at radius 2 is 2.04 bits per heavy atom. The van der Waals surface area contributed by atoms with E-state index in [4.69, 9.17) is 0 Å². The highest BCUT2D eigenvalue weighted by Crippen LogP contribution is 2.39. The third-order valence-corrected chi connectivity index (χ3v) is 5.24. The molecule has 0 aliphatic heterocycles. The van der Waals surface area contributed by atoms with E-state index >= 15 is 0 Å².